The quantitative estimate of drug-likeness (QED) is 0.914. The number of anilines is 1. The highest BCUT2D eigenvalue weighted by molar-refractivity contribution is 5.95. The lowest BCUT2D eigenvalue weighted by Crippen LogP contribution is -2.29. The first-order valence-electron chi connectivity index (χ1n) is 6.35. The average molecular weight is 257 g/mol. The maximum absolute atomic E-state index is 12.0. The van der Waals surface area contributed by atoms with Crippen molar-refractivity contribution in [3.63, 3.8) is 0 Å². The number of fused-ring (bicyclic) bond motifs is 1. The summed E-state index contributed by atoms with van der Waals surface area (Å²) in [5.41, 5.74) is 0.828. The van der Waals surface area contributed by atoms with Crippen molar-refractivity contribution in [3.8, 4) is 0 Å². The third kappa shape index (κ3) is 3.51. The molecule has 0 fully saturated rings. The van der Waals surface area contributed by atoms with Gasteiger partial charge in [-0.3, -0.25) is 9.78 Å². The Morgan fingerprint density at radius 3 is 2.84 bits per heavy atom. The largest absolute Gasteiger partial charge is 0.326 e. The van der Waals surface area contributed by atoms with E-state index in [9.17, 15) is 4.79 Å². The Morgan fingerprint density at radius 2 is 2.11 bits per heavy atom. The van der Waals surface area contributed by atoms with E-state index in [1.54, 1.807) is 6.20 Å². The van der Waals surface area contributed by atoms with Crippen LogP contribution < -0.4 is 5.32 Å². The van der Waals surface area contributed by atoms with Crippen LogP contribution in [0.25, 0.3) is 10.8 Å². The molecule has 2 rings (SSSR count). The van der Waals surface area contributed by atoms with Crippen LogP contribution >= 0.6 is 0 Å². The average Bonchev–Trinajstić information content (AvgIpc) is 2.37. The van der Waals surface area contributed by atoms with Crippen molar-refractivity contribution >= 4 is 22.4 Å². The van der Waals surface area contributed by atoms with Crippen molar-refractivity contribution < 1.29 is 4.79 Å². The highest BCUT2D eigenvalue weighted by Gasteiger charge is 2.13. The van der Waals surface area contributed by atoms with Crippen LogP contribution in [0, 0.1) is 5.92 Å². The summed E-state index contributed by atoms with van der Waals surface area (Å²) in [6.07, 6.45) is 3.57. The lowest BCUT2D eigenvalue weighted by atomic mass is 10.1. The van der Waals surface area contributed by atoms with Gasteiger partial charge in [-0.05, 0) is 37.7 Å². The molecule has 1 amide bonds. The van der Waals surface area contributed by atoms with Gasteiger partial charge in [-0.15, -0.1) is 0 Å². The standard InChI is InChI=1S/C15H19N3O/c1-11(10-18(2)3)15(19)17-14-5-4-13-9-16-7-6-12(13)8-14/h4-9,11H,10H2,1-3H3,(H,17,19). The summed E-state index contributed by atoms with van der Waals surface area (Å²) < 4.78 is 0. The predicted molar refractivity (Wildman–Crippen MR) is 78.1 cm³/mol. The summed E-state index contributed by atoms with van der Waals surface area (Å²) in [6.45, 7) is 2.67. The molecule has 1 heterocycles. The van der Waals surface area contributed by atoms with E-state index in [0.717, 1.165) is 23.0 Å². The molecule has 0 aliphatic carbocycles. The van der Waals surface area contributed by atoms with Crippen LogP contribution in [-0.2, 0) is 4.79 Å². The molecule has 1 aromatic heterocycles. The smallest absolute Gasteiger partial charge is 0.228 e. The summed E-state index contributed by atoms with van der Waals surface area (Å²) in [5.74, 6) is 0.00485. The van der Waals surface area contributed by atoms with Crippen LogP contribution in [0.4, 0.5) is 5.69 Å². The molecule has 0 saturated carbocycles. The van der Waals surface area contributed by atoms with Crippen LogP contribution in [0.2, 0.25) is 0 Å². The minimum Gasteiger partial charge on any atom is -0.326 e. The molecule has 0 aliphatic heterocycles. The van der Waals surface area contributed by atoms with E-state index in [0.29, 0.717) is 0 Å². The minimum absolute atomic E-state index is 0.0388. The number of nitrogens with zero attached hydrogens (tertiary/aromatic N) is 2. The Bertz CT molecular complexity index is 580. The lowest BCUT2D eigenvalue weighted by Gasteiger charge is -2.16. The number of hydrogen-bond acceptors (Lipinski definition) is 3. The fourth-order valence-electron chi connectivity index (χ4n) is 2.06. The first kappa shape index (κ1) is 13.5. The van der Waals surface area contributed by atoms with E-state index in [1.807, 2.05) is 56.4 Å². The van der Waals surface area contributed by atoms with Gasteiger partial charge in [0.1, 0.15) is 0 Å². The molecule has 0 radical (unpaired) electrons. The van der Waals surface area contributed by atoms with Gasteiger partial charge in [-0.1, -0.05) is 13.0 Å². The fraction of sp³-hybridized carbons (Fsp3) is 0.333. The molecule has 1 N–H and O–H groups in total. The van der Waals surface area contributed by atoms with E-state index < -0.39 is 0 Å². The third-order valence-corrected chi connectivity index (χ3v) is 2.99. The second-order valence-electron chi connectivity index (χ2n) is 5.09. The monoisotopic (exact) mass is 257 g/mol. The Hall–Kier alpha value is -1.94. The van der Waals surface area contributed by atoms with Gasteiger partial charge < -0.3 is 10.2 Å². The molecular weight excluding hydrogens is 238 g/mol. The molecule has 1 atom stereocenters. The van der Waals surface area contributed by atoms with Crippen LogP contribution in [0.1, 0.15) is 6.92 Å². The molecular formula is C15H19N3O. The van der Waals surface area contributed by atoms with Gasteiger partial charge in [-0.25, -0.2) is 0 Å². The van der Waals surface area contributed by atoms with Crippen LogP contribution in [0.15, 0.2) is 36.7 Å². The van der Waals surface area contributed by atoms with Crippen molar-refractivity contribution in [3.05, 3.63) is 36.7 Å². The van der Waals surface area contributed by atoms with Crippen molar-refractivity contribution in [2.24, 2.45) is 5.92 Å². The Balaban J connectivity index is 2.10. The maximum atomic E-state index is 12.0. The zero-order valence-electron chi connectivity index (χ0n) is 11.6. The van der Waals surface area contributed by atoms with E-state index in [1.165, 1.54) is 0 Å². The van der Waals surface area contributed by atoms with Crippen molar-refractivity contribution in [2.45, 2.75) is 6.92 Å². The zero-order valence-corrected chi connectivity index (χ0v) is 11.6. The predicted octanol–water partition coefficient (Wildman–Crippen LogP) is 2.37. The number of aromatic nitrogens is 1. The zero-order chi connectivity index (χ0) is 13.8. The molecule has 0 spiro atoms. The minimum atomic E-state index is -0.0388. The van der Waals surface area contributed by atoms with E-state index in [4.69, 9.17) is 0 Å². The summed E-state index contributed by atoms with van der Waals surface area (Å²) >= 11 is 0. The normalized spacial score (nSPS) is 12.6. The summed E-state index contributed by atoms with van der Waals surface area (Å²) in [4.78, 5) is 18.1. The van der Waals surface area contributed by atoms with Gasteiger partial charge in [-0.2, -0.15) is 0 Å². The van der Waals surface area contributed by atoms with Gasteiger partial charge >= 0.3 is 0 Å². The number of carbonyl (C=O) groups is 1. The first-order valence-corrected chi connectivity index (χ1v) is 6.35. The highest BCUT2D eigenvalue weighted by Crippen LogP contribution is 2.18. The first-order chi connectivity index (χ1) is 9.06. The van der Waals surface area contributed by atoms with Crippen molar-refractivity contribution in [1.82, 2.24) is 9.88 Å². The second-order valence-corrected chi connectivity index (χ2v) is 5.09. The number of hydrogen-bond donors (Lipinski definition) is 1. The molecule has 1 aromatic carbocycles. The van der Waals surface area contributed by atoms with E-state index in [2.05, 4.69) is 10.3 Å². The van der Waals surface area contributed by atoms with Crippen LogP contribution in [-0.4, -0.2) is 36.4 Å². The van der Waals surface area contributed by atoms with Gasteiger partial charge in [0.25, 0.3) is 0 Å². The van der Waals surface area contributed by atoms with Gasteiger partial charge in [0.05, 0.1) is 0 Å². The topological polar surface area (TPSA) is 45.2 Å². The molecule has 19 heavy (non-hydrogen) atoms. The third-order valence-electron chi connectivity index (χ3n) is 2.99. The van der Waals surface area contributed by atoms with Gasteiger partial charge in [0.15, 0.2) is 0 Å². The Kier molecular flexibility index (Phi) is 4.12. The van der Waals surface area contributed by atoms with Gasteiger partial charge in [0, 0.05) is 35.9 Å². The lowest BCUT2D eigenvalue weighted by molar-refractivity contribution is -0.119. The van der Waals surface area contributed by atoms with Gasteiger partial charge in [0.2, 0.25) is 5.91 Å². The summed E-state index contributed by atoms with van der Waals surface area (Å²) in [5, 5.41) is 5.10. The van der Waals surface area contributed by atoms with Crippen LogP contribution in [0.5, 0.6) is 0 Å². The van der Waals surface area contributed by atoms with Crippen molar-refractivity contribution in [1.29, 1.82) is 0 Å². The summed E-state index contributed by atoms with van der Waals surface area (Å²) in [6, 6.07) is 7.78. The Morgan fingerprint density at radius 1 is 1.32 bits per heavy atom. The number of pyridine rings is 1. The SMILES string of the molecule is CC(CN(C)C)C(=O)Nc1ccc2cnccc2c1. The highest BCUT2D eigenvalue weighted by atomic mass is 16.1. The van der Waals surface area contributed by atoms with E-state index in [-0.39, 0.29) is 11.8 Å². The molecule has 0 bridgehead atoms. The van der Waals surface area contributed by atoms with Crippen molar-refractivity contribution in [2.75, 3.05) is 26.0 Å². The molecule has 0 aliphatic rings. The number of carbonyl (C=O) groups excluding carboxylic acids is 1. The molecule has 4 heteroatoms. The Labute approximate surface area is 113 Å². The number of rotatable bonds is 4. The van der Waals surface area contributed by atoms with E-state index >= 15 is 0 Å². The molecule has 1 unspecified atom stereocenters. The molecule has 0 saturated heterocycles. The molecule has 4 nitrogen and oxygen atoms in total. The number of benzene rings is 1. The maximum Gasteiger partial charge on any atom is 0.228 e. The second kappa shape index (κ2) is 5.80. The summed E-state index contributed by atoms with van der Waals surface area (Å²) in [7, 11) is 3.93. The fourth-order valence-corrected chi connectivity index (χ4v) is 2.06. The molecule has 2 aromatic rings. The number of amides is 1. The molecule has 100 valence electrons. The van der Waals surface area contributed by atoms with Crippen LogP contribution in [0.3, 0.4) is 0 Å². The number of nitrogens with one attached hydrogen (secondary N) is 1.